The summed E-state index contributed by atoms with van der Waals surface area (Å²) in [6.07, 6.45) is 0.893. The quantitative estimate of drug-likeness (QED) is 0.611. The standard InChI is InChI=1S/C15H14O3/c1-18-15(17)14(9-10-16)13-8-4-6-11-5-2-3-7-12(11)13/h2-8,10,14H,9H2,1H3. The fraction of sp³-hybridized carbons (Fsp3) is 0.200. The second-order valence-corrected chi connectivity index (χ2v) is 4.05. The highest BCUT2D eigenvalue weighted by Crippen LogP contribution is 2.28. The number of carbonyl (C=O) groups excluding carboxylic acids is 2. The molecule has 2 rings (SSSR count). The highest BCUT2D eigenvalue weighted by molar-refractivity contribution is 5.92. The molecule has 1 unspecified atom stereocenters. The van der Waals surface area contributed by atoms with E-state index in [-0.39, 0.29) is 12.4 Å². The molecule has 0 fully saturated rings. The van der Waals surface area contributed by atoms with Crippen LogP contribution in [0.2, 0.25) is 0 Å². The van der Waals surface area contributed by atoms with Gasteiger partial charge in [-0.3, -0.25) is 4.79 Å². The van der Waals surface area contributed by atoms with E-state index in [1.807, 2.05) is 42.5 Å². The van der Waals surface area contributed by atoms with Crippen molar-refractivity contribution in [3.8, 4) is 0 Å². The van der Waals surface area contributed by atoms with Crippen molar-refractivity contribution in [1.82, 2.24) is 0 Å². The van der Waals surface area contributed by atoms with Crippen molar-refractivity contribution in [2.45, 2.75) is 12.3 Å². The van der Waals surface area contributed by atoms with Crippen LogP contribution in [-0.2, 0) is 14.3 Å². The van der Waals surface area contributed by atoms with Crippen molar-refractivity contribution < 1.29 is 14.3 Å². The molecule has 0 aliphatic carbocycles. The molecule has 0 heterocycles. The zero-order valence-electron chi connectivity index (χ0n) is 10.1. The molecular formula is C15H14O3. The maximum absolute atomic E-state index is 11.8. The normalized spacial score (nSPS) is 12.1. The summed E-state index contributed by atoms with van der Waals surface area (Å²) in [6, 6.07) is 13.5. The van der Waals surface area contributed by atoms with Crippen molar-refractivity contribution in [2.24, 2.45) is 0 Å². The third-order valence-corrected chi connectivity index (χ3v) is 3.02. The zero-order valence-corrected chi connectivity index (χ0v) is 10.1. The van der Waals surface area contributed by atoms with Gasteiger partial charge >= 0.3 is 5.97 Å². The highest BCUT2D eigenvalue weighted by Gasteiger charge is 2.22. The molecule has 0 bridgehead atoms. The molecule has 0 N–H and O–H groups in total. The smallest absolute Gasteiger partial charge is 0.313 e. The van der Waals surface area contributed by atoms with E-state index in [0.29, 0.717) is 0 Å². The van der Waals surface area contributed by atoms with Crippen molar-refractivity contribution in [2.75, 3.05) is 7.11 Å². The molecule has 3 heteroatoms. The molecule has 0 saturated heterocycles. The Morgan fingerprint density at radius 2 is 1.94 bits per heavy atom. The lowest BCUT2D eigenvalue weighted by Gasteiger charge is -2.14. The number of rotatable bonds is 4. The Balaban J connectivity index is 2.56. The van der Waals surface area contributed by atoms with E-state index < -0.39 is 5.92 Å². The van der Waals surface area contributed by atoms with Gasteiger partial charge in [0.05, 0.1) is 13.0 Å². The summed E-state index contributed by atoms with van der Waals surface area (Å²) < 4.78 is 4.77. The highest BCUT2D eigenvalue weighted by atomic mass is 16.5. The van der Waals surface area contributed by atoms with Crippen molar-refractivity contribution in [3.05, 3.63) is 48.0 Å². The maximum Gasteiger partial charge on any atom is 0.313 e. The number of hydrogen-bond donors (Lipinski definition) is 0. The number of fused-ring (bicyclic) bond motifs is 1. The molecule has 0 aliphatic heterocycles. The lowest BCUT2D eigenvalue weighted by atomic mass is 9.91. The topological polar surface area (TPSA) is 43.4 Å². The number of aldehydes is 1. The number of benzene rings is 2. The number of methoxy groups -OCH3 is 1. The molecule has 0 radical (unpaired) electrons. The fourth-order valence-corrected chi connectivity index (χ4v) is 2.14. The third kappa shape index (κ3) is 2.25. The molecule has 0 saturated carbocycles. The van der Waals surface area contributed by atoms with E-state index in [0.717, 1.165) is 22.6 Å². The van der Waals surface area contributed by atoms with Crippen LogP contribution in [0.15, 0.2) is 42.5 Å². The first-order valence-corrected chi connectivity index (χ1v) is 5.77. The molecule has 0 spiro atoms. The number of ether oxygens (including phenoxy) is 1. The molecule has 3 nitrogen and oxygen atoms in total. The average Bonchev–Trinajstić information content (AvgIpc) is 2.43. The molecule has 18 heavy (non-hydrogen) atoms. The van der Waals surface area contributed by atoms with Gasteiger partial charge in [-0.15, -0.1) is 0 Å². The number of carbonyl (C=O) groups is 2. The van der Waals surface area contributed by atoms with Crippen molar-refractivity contribution >= 4 is 23.0 Å². The third-order valence-electron chi connectivity index (χ3n) is 3.02. The van der Waals surface area contributed by atoms with Crippen LogP contribution in [0.1, 0.15) is 17.9 Å². The van der Waals surface area contributed by atoms with Crippen LogP contribution in [0.5, 0.6) is 0 Å². The predicted octanol–water partition coefficient (Wildman–Crippen LogP) is 2.69. The summed E-state index contributed by atoms with van der Waals surface area (Å²) in [5.74, 6) is -0.906. The second-order valence-electron chi connectivity index (χ2n) is 4.05. The first-order chi connectivity index (χ1) is 8.77. The van der Waals surface area contributed by atoms with Crippen LogP contribution < -0.4 is 0 Å². The first kappa shape index (κ1) is 12.3. The summed E-state index contributed by atoms with van der Waals surface area (Å²) in [5, 5.41) is 2.03. The minimum atomic E-state index is -0.529. The molecule has 2 aromatic rings. The van der Waals surface area contributed by atoms with Crippen LogP contribution in [0, 0.1) is 0 Å². The van der Waals surface area contributed by atoms with E-state index in [2.05, 4.69) is 0 Å². The molecule has 1 atom stereocenters. The predicted molar refractivity (Wildman–Crippen MR) is 69.4 cm³/mol. The van der Waals surface area contributed by atoms with Gasteiger partial charge in [0.1, 0.15) is 6.29 Å². The first-order valence-electron chi connectivity index (χ1n) is 5.77. The van der Waals surface area contributed by atoms with E-state index in [1.165, 1.54) is 7.11 Å². The van der Waals surface area contributed by atoms with E-state index in [9.17, 15) is 9.59 Å². The molecule has 2 aromatic carbocycles. The van der Waals surface area contributed by atoms with E-state index >= 15 is 0 Å². The Hall–Kier alpha value is -2.16. The lowest BCUT2D eigenvalue weighted by molar-refractivity contribution is -0.143. The lowest BCUT2D eigenvalue weighted by Crippen LogP contribution is -2.15. The Labute approximate surface area is 105 Å². The largest absolute Gasteiger partial charge is 0.469 e. The van der Waals surface area contributed by atoms with Crippen molar-refractivity contribution in [1.29, 1.82) is 0 Å². The van der Waals surface area contributed by atoms with Gasteiger partial charge in [0.15, 0.2) is 0 Å². The molecule has 0 aliphatic rings. The summed E-state index contributed by atoms with van der Waals surface area (Å²) in [7, 11) is 1.34. The monoisotopic (exact) mass is 242 g/mol. The van der Waals surface area contributed by atoms with Crippen LogP contribution in [0.25, 0.3) is 10.8 Å². The van der Waals surface area contributed by atoms with Gasteiger partial charge < -0.3 is 9.53 Å². The van der Waals surface area contributed by atoms with Gasteiger partial charge in [-0.2, -0.15) is 0 Å². The fourth-order valence-electron chi connectivity index (χ4n) is 2.14. The minimum absolute atomic E-state index is 0.140. The summed E-state index contributed by atoms with van der Waals surface area (Å²) in [4.78, 5) is 22.5. The Morgan fingerprint density at radius 3 is 2.67 bits per heavy atom. The van der Waals surface area contributed by atoms with E-state index in [1.54, 1.807) is 0 Å². The van der Waals surface area contributed by atoms with Gasteiger partial charge in [-0.05, 0) is 16.3 Å². The summed E-state index contributed by atoms with van der Waals surface area (Å²) in [5.41, 5.74) is 0.840. The Kier molecular flexibility index (Phi) is 3.72. The summed E-state index contributed by atoms with van der Waals surface area (Å²) >= 11 is 0. The Morgan fingerprint density at radius 1 is 1.22 bits per heavy atom. The molecule has 0 amide bonds. The van der Waals surface area contributed by atoms with Crippen molar-refractivity contribution in [3.63, 3.8) is 0 Å². The Bertz CT molecular complexity index is 569. The van der Waals surface area contributed by atoms with Gasteiger partial charge in [0, 0.05) is 6.42 Å². The van der Waals surface area contributed by atoms with Gasteiger partial charge in [0.25, 0.3) is 0 Å². The van der Waals surface area contributed by atoms with Gasteiger partial charge in [0.2, 0.25) is 0 Å². The minimum Gasteiger partial charge on any atom is -0.469 e. The van der Waals surface area contributed by atoms with Crippen LogP contribution >= 0.6 is 0 Å². The second kappa shape index (κ2) is 5.45. The molecular weight excluding hydrogens is 228 g/mol. The van der Waals surface area contributed by atoms with Crippen LogP contribution in [-0.4, -0.2) is 19.4 Å². The van der Waals surface area contributed by atoms with Gasteiger partial charge in [-0.25, -0.2) is 0 Å². The average molecular weight is 242 g/mol. The molecule has 0 aromatic heterocycles. The van der Waals surface area contributed by atoms with E-state index in [4.69, 9.17) is 4.74 Å². The summed E-state index contributed by atoms with van der Waals surface area (Å²) in [6.45, 7) is 0. The maximum atomic E-state index is 11.8. The molecule has 92 valence electrons. The van der Waals surface area contributed by atoms with Crippen LogP contribution in [0.3, 0.4) is 0 Å². The SMILES string of the molecule is COC(=O)C(CC=O)c1cccc2ccccc12. The zero-order chi connectivity index (χ0) is 13.0. The number of hydrogen-bond acceptors (Lipinski definition) is 3. The number of esters is 1. The van der Waals surface area contributed by atoms with Gasteiger partial charge in [-0.1, -0.05) is 42.5 Å². The van der Waals surface area contributed by atoms with Crippen LogP contribution in [0.4, 0.5) is 0 Å².